The van der Waals surface area contributed by atoms with Gasteiger partial charge < -0.3 is 10.2 Å². The Hall–Kier alpha value is -1.75. The Kier molecular flexibility index (Phi) is 12.4. The molecule has 2 N–H and O–H groups in total. The van der Waals surface area contributed by atoms with Crippen molar-refractivity contribution in [2.45, 2.75) is 83.7 Å². The molecule has 1 saturated carbocycles. The Morgan fingerprint density at radius 3 is 2.67 bits per heavy atom. The molecule has 1 aromatic rings. The van der Waals surface area contributed by atoms with Crippen LogP contribution in [0.2, 0.25) is 0 Å². The van der Waals surface area contributed by atoms with Crippen LogP contribution in [0.1, 0.15) is 77.6 Å². The number of carbonyl (C=O) groups is 1. The van der Waals surface area contributed by atoms with Crippen LogP contribution in [-0.2, 0) is 4.79 Å². The SMILES string of the molecule is CCCCCCC(=O)O.OC(C=Nc1cccc(F)c1)CCC1CCCC1. The minimum atomic E-state index is -0.675. The molecule has 27 heavy (non-hydrogen) atoms. The number of aliphatic hydroxyl groups is 1. The van der Waals surface area contributed by atoms with Crippen molar-refractivity contribution in [3.63, 3.8) is 0 Å². The summed E-state index contributed by atoms with van der Waals surface area (Å²) in [6.45, 7) is 2.11. The Bertz CT molecular complexity index is 556. The number of hydrogen-bond acceptors (Lipinski definition) is 3. The molecule has 1 aliphatic carbocycles. The van der Waals surface area contributed by atoms with Gasteiger partial charge in [0, 0.05) is 12.6 Å². The quantitative estimate of drug-likeness (QED) is 0.393. The van der Waals surface area contributed by atoms with Gasteiger partial charge in [0.1, 0.15) is 5.82 Å². The molecule has 1 aliphatic rings. The fraction of sp³-hybridized carbons (Fsp3) is 0.636. The average Bonchev–Trinajstić information content (AvgIpc) is 3.16. The van der Waals surface area contributed by atoms with Crippen LogP contribution in [0.3, 0.4) is 0 Å². The number of carboxylic acids is 1. The number of hydrogen-bond donors (Lipinski definition) is 2. The van der Waals surface area contributed by atoms with Crippen LogP contribution in [0.15, 0.2) is 29.3 Å². The van der Waals surface area contributed by atoms with Crippen molar-refractivity contribution in [1.29, 1.82) is 0 Å². The summed E-state index contributed by atoms with van der Waals surface area (Å²) in [4.78, 5) is 14.1. The number of aliphatic hydroxyl groups excluding tert-OH is 1. The molecule has 1 atom stereocenters. The lowest BCUT2D eigenvalue weighted by molar-refractivity contribution is -0.137. The molecule has 152 valence electrons. The molecule has 0 radical (unpaired) electrons. The minimum Gasteiger partial charge on any atom is -0.481 e. The normalized spacial score (nSPS) is 15.5. The largest absolute Gasteiger partial charge is 0.481 e. The number of unbranched alkanes of at least 4 members (excludes halogenated alkanes) is 3. The molecule has 0 bridgehead atoms. The van der Waals surface area contributed by atoms with E-state index in [4.69, 9.17) is 5.11 Å². The van der Waals surface area contributed by atoms with Gasteiger partial charge >= 0.3 is 5.97 Å². The smallest absolute Gasteiger partial charge is 0.303 e. The Labute approximate surface area is 162 Å². The summed E-state index contributed by atoms with van der Waals surface area (Å²) in [5, 5.41) is 18.0. The van der Waals surface area contributed by atoms with Crippen molar-refractivity contribution in [3.8, 4) is 0 Å². The van der Waals surface area contributed by atoms with Gasteiger partial charge in [0.25, 0.3) is 0 Å². The summed E-state index contributed by atoms with van der Waals surface area (Å²) >= 11 is 0. The van der Waals surface area contributed by atoms with E-state index in [0.29, 0.717) is 12.1 Å². The Balaban J connectivity index is 0.000000345. The third-order valence-corrected chi connectivity index (χ3v) is 4.79. The van der Waals surface area contributed by atoms with Crippen LogP contribution in [0.25, 0.3) is 0 Å². The van der Waals surface area contributed by atoms with Gasteiger partial charge in [-0.1, -0.05) is 57.9 Å². The highest BCUT2D eigenvalue weighted by atomic mass is 19.1. The molecule has 4 nitrogen and oxygen atoms in total. The van der Waals surface area contributed by atoms with Crippen molar-refractivity contribution in [3.05, 3.63) is 30.1 Å². The summed E-state index contributed by atoms with van der Waals surface area (Å²) < 4.78 is 12.9. The highest BCUT2D eigenvalue weighted by molar-refractivity contribution is 5.67. The standard InChI is InChI=1S/C15H20FNO.C7H14O2/c16-13-6-3-7-14(10-13)17-11-15(18)9-8-12-4-1-2-5-12;1-2-3-4-5-6-7(8)9/h3,6-7,10-12,15,18H,1-2,4-5,8-9H2;2-6H2,1H3,(H,8,9). The molecule has 1 fully saturated rings. The molecule has 0 aromatic heterocycles. The molecule has 2 rings (SSSR count). The molecular formula is C22H34FNO3. The first-order chi connectivity index (χ1) is 13.0. The van der Waals surface area contributed by atoms with Crippen molar-refractivity contribution >= 4 is 17.9 Å². The summed E-state index contributed by atoms with van der Waals surface area (Å²) in [5.41, 5.74) is 0.551. The van der Waals surface area contributed by atoms with Crippen LogP contribution in [-0.4, -0.2) is 28.5 Å². The van der Waals surface area contributed by atoms with E-state index < -0.39 is 12.1 Å². The molecule has 0 saturated heterocycles. The number of aliphatic carboxylic acids is 1. The number of nitrogens with zero attached hydrogens (tertiary/aromatic N) is 1. The van der Waals surface area contributed by atoms with E-state index in [0.717, 1.165) is 38.0 Å². The number of benzene rings is 1. The van der Waals surface area contributed by atoms with Gasteiger partial charge in [-0.2, -0.15) is 0 Å². The van der Waals surface area contributed by atoms with E-state index in [1.807, 2.05) is 0 Å². The van der Waals surface area contributed by atoms with E-state index in [1.165, 1.54) is 50.5 Å². The van der Waals surface area contributed by atoms with E-state index in [-0.39, 0.29) is 5.82 Å². The third kappa shape index (κ3) is 12.3. The molecule has 1 aromatic carbocycles. The second kappa shape index (κ2) is 14.3. The number of carboxylic acid groups (broad SMARTS) is 1. The maximum atomic E-state index is 12.9. The Morgan fingerprint density at radius 2 is 2.04 bits per heavy atom. The predicted molar refractivity (Wildman–Crippen MR) is 108 cm³/mol. The van der Waals surface area contributed by atoms with Crippen LogP contribution < -0.4 is 0 Å². The van der Waals surface area contributed by atoms with Gasteiger partial charge in [0.2, 0.25) is 0 Å². The number of halogens is 1. The molecule has 5 heteroatoms. The van der Waals surface area contributed by atoms with Crippen molar-refractivity contribution < 1.29 is 19.4 Å². The fourth-order valence-corrected chi connectivity index (χ4v) is 3.21. The molecule has 0 spiro atoms. The zero-order chi connectivity index (χ0) is 19.9. The van der Waals surface area contributed by atoms with E-state index >= 15 is 0 Å². The third-order valence-electron chi connectivity index (χ3n) is 4.79. The van der Waals surface area contributed by atoms with Crippen LogP contribution in [0.5, 0.6) is 0 Å². The lowest BCUT2D eigenvalue weighted by Gasteiger charge is -2.10. The second-order valence-electron chi connectivity index (χ2n) is 7.26. The van der Waals surface area contributed by atoms with E-state index in [2.05, 4.69) is 11.9 Å². The molecule has 0 aliphatic heterocycles. The first kappa shape index (κ1) is 23.3. The zero-order valence-corrected chi connectivity index (χ0v) is 16.4. The molecule has 1 unspecified atom stereocenters. The van der Waals surface area contributed by atoms with Crippen LogP contribution in [0.4, 0.5) is 10.1 Å². The van der Waals surface area contributed by atoms with Gasteiger partial charge in [0.05, 0.1) is 11.8 Å². The molecule has 0 heterocycles. The van der Waals surface area contributed by atoms with Gasteiger partial charge in [-0.15, -0.1) is 0 Å². The average molecular weight is 380 g/mol. The molecular weight excluding hydrogens is 345 g/mol. The van der Waals surface area contributed by atoms with Gasteiger partial charge in [0.15, 0.2) is 0 Å². The van der Waals surface area contributed by atoms with Crippen LogP contribution >= 0.6 is 0 Å². The van der Waals surface area contributed by atoms with Crippen molar-refractivity contribution in [1.82, 2.24) is 0 Å². The zero-order valence-electron chi connectivity index (χ0n) is 16.4. The summed E-state index contributed by atoms with van der Waals surface area (Å²) in [6.07, 6.45) is 12.6. The second-order valence-corrected chi connectivity index (χ2v) is 7.26. The van der Waals surface area contributed by atoms with Gasteiger partial charge in [-0.05, 0) is 43.4 Å². The topological polar surface area (TPSA) is 69.9 Å². The minimum absolute atomic E-state index is 0.301. The van der Waals surface area contributed by atoms with E-state index in [1.54, 1.807) is 12.1 Å². The highest BCUT2D eigenvalue weighted by Gasteiger charge is 2.15. The van der Waals surface area contributed by atoms with Crippen LogP contribution in [0, 0.1) is 11.7 Å². The van der Waals surface area contributed by atoms with Gasteiger partial charge in [-0.25, -0.2) is 4.39 Å². The first-order valence-electron chi connectivity index (χ1n) is 10.2. The maximum absolute atomic E-state index is 12.9. The number of aliphatic imine (C=N–C) groups is 1. The van der Waals surface area contributed by atoms with Crippen molar-refractivity contribution in [2.24, 2.45) is 10.9 Å². The van der Waals surface area contributed by atoms with E-state index in [9.17, 15) is 14.3 Å². The highest BCUT2D eigenvalue weighted by Crippen LogP contribution is 2.28. The fourth-order valence-electron chi connectivity index (χ4n) is 3.21. The summed E-state index contributed by atoms with van der Waals surface area (Å²) in [7, 11) is 0. The summed E-state index contributed by atoms with van der Waals surface area (Å²) in [5.74, 6) is -0.196. The molecule has 0 amide bonds. The maximum Gasteiger partial charge on any atom is 0.303 e. The lowest BCUT2D eigenvalue weighted by atomic mass is 10.00. The Morgan fingerprint density at radius 1 is 1.30 bits per heavy atom. The van der Waals surface area contributed by atoms with Crippen molar-refractivity contribution in [2.75, 3.05) is 0 Å². The van der Waals surface area contributed by atoms with Gasteiger partial charge in [-0.3, -0.25) is 9.79 Å². The summed E-state index contributed by atoms with van der Waals surface area (Å²) in [6, 6.07) is 6.09. The lowest BCUT2D eigenvalue weighted by Crippen LogP contribution is -2.09. The predicted octanol–water partition coefficient (Wildman–Crippen LogP) is 5.90. The monoisotopic (exact) mass is 379 g/mol. The number of rotatable bonds is 10. The first-order valence-corrected chi connectivity index (χ1v) is 10.2.